The molecule has 3 N–H and O–H groups in total. The third-order valence-electron chi connectivity index (χ3n) is 5.72. The smallest absolute Gasteiger partial charge is 0.274 e. The molecule has 2 fully saturated rings. The van der Waals surface area contributed by atoms with Gasteiger partial charge in [-0.3, -0.25) is 4.79 Å². The summed E-state index contributed by atoms with van der Waals surface area (Å²) >= 11 is 0. The van der Waals surface area contributed by atoms with Crippen molar-refractivity contribution in [1.29, 1.82) is 0 Å². The second-order valence-electron chi connectivity index (χ2n) is 8.54. The van der Waals surface area contributed by atoms with Gasteiger partial charge in [0.1, 0.15) is 5.82 Å². The number of carbonyl (C=O) groups is 1. The van der Waals surface area contributed by atoms with E-state index in [1.807, 2.05) is 11.0 Å². The molecule has 0 saturated carbocycles. The summed E-state index contributed by atoms with van der Waals surface area (Å²) in [5.41, 5.74) is 7.59. The SMILES string of the molecule is CC1(C)CN(C(=O)c2ccc(N3C[C@@H](N)[C@H](c4ccc(F)cc4)C3)nn2)CCN1. The molecule has 2 aliphatic rings. The van der Waals surface area contributed by atoms with Gasteiger partial charge in [0, 0.05) is 50.2 Å². The maximum atomic E-state index is 13.2. The molecule has 1 amide bonds. The number of halogens is 1. The number of hydrogen-bond acceptors (Lipinski definition) is 6. The van der Waals surface area contributed by atoms with E-state index in [1.165, 1.54) is 12.1 Å². The minimum atomic E-state index is -0.254. The standard InChI is InChI=1S/C21H27FN6O/c1-21(2)13-27(10-9-24-21)20(29)18-7-8-19(26-25-18)28-11-16(17(23)12-28)14-3-5-15(22)6-4-14/h3-8,16-17,24H,9-13,23H2,1-2H3/t16-,17+/m0/s1. The van der Waals surface area contributed by atoms with Gasteiger partial charge in [0.2, 0.25) is 0 Å². The van der Waals surface area contributed by atoms with Crippen LogP contribution in [0, 0.1) is 5.82 Å². The Labute approximate surface area is 170 Å². The van der Waals surface area contributed by atoms with Crippen LogP contribution in [0.15, 0.2) is 36.4 Å². The zero-order valence-electron chi connectivity index (χ0n) is 16.8. The summed E-state index contributed by atoms with van der Waals surface area (Å²) in [7, 11) is 0. The van der Waals surface area contributed by atoms with Crippen LogP contribution in [0.1, 0.15) is 35.8 Å². The molecule has 154 valence electrons. The van der Waals surface area contributed by atoms with Crippen LogP contribution in [0.5, 0.6) is 0 Å². The monoisotopic (exact) mass is 398 g/mol. The average Bonchev–Trinajstić information content (AvgIpc) is 3.09. The first-order chi connectivity index (χ1) is 13.8. The Hall–Kier alpha value is -2.58. The Balaban J connectivity index is 1.44. The van der Waals surface area contributed by atoms with Crippen LogP contribution in [-0.4, -0.2) is 65.3 Å². The van der Waals surface area contributed by atoms with Gasteiger partial charge in [-0.05, 0) is 43.7 Å². The number of aromatic nitrogens is 2. The van der Waals surface area contributed by atoms with Gasteiger partial charge < -0.3 is 20.9 Å². The fourth-order valence-corrected chi connectivity index (χ4v) is 4.16. The molecule has 0 bridgehead atoms. The van der Waals surface area contributed by atoms with E-state index in [4.69, 9.17) is 5.73 Å². The van der Waals surface area contributed by atoms with Crippen LogP contribution < -0.4 is 16.0 Å². The molecule has 0 unspecified atom stereocenters. The first-order valence-electron chi connectivity index (χ1n) is 9.96. The predicted molar refractivity (Wildman–Crippen MR) is 109 cm³/mol. The van der Waals surface area contributed by atoms with Gasteiger partial charge in [-0.1, -0.05) is 12.1 Å². The number of rotatable bonds is 3. The molecule has 0 radical (unpaired) electrons. The lowest BCUT2D eigenvalue weighted by molar-refractivity contribution is 0.0645. The number of piperazine rings is 1. The Morgan fingerprint density at radius 1 is 1.17 bits per heavy atom. The summed E-state index contributed by atoms with van der Waals surface area (Å²) in [6.45, 7) is 7.53. The fraction of sp³-hybridized carbons (Fsp3) is 0.476. The van der Waals surface area contributed by atoms with Gasteiger partial charge in [0.15, 0.2) is 11.5 Å². The number of amides is 1. The highest BCUT2D eigenvalue weighted by Gasteiger charge is 2.33. The summed E-state index contributed by atoms with van der Waals surface area (Å²) < 4.78 is 13.2. The normalized spacial score (nSPS) is 24.0. The molecule has 7 nitrogen and oxygen atoms in total. The van der Waals surface area contributed by atoms with Crippen molar-refractivity contribution in [2.24, 2.45) is 5.73 Å². The van der Waals surface area contributed by atoms with Crippen molar-refractivity contribution in [3.05, 3.63) is 53.5 Å². The molecule has 2 aromatic rings. The number of anilines is 1. The highest BCUT2D eigenvalue weighted by atomic mass is 19.1. The lowest BCUT2D eigenvalue weighted by Gasteiger charge is -2.38. The van der Waals surface area contributed by atoms with E-state index in [2.05, 4.69) is 34.3 Å². The van der Waals surface area contributed by atoms with Crippen molar-refractivity contribution in [2.45, 2.75) is 31.3 Å². The Morgan fingerprint density at radius 2 is 1.93 bits per heavy atom. The van der Waals surface area contributed by atoms with E-state index >= 15 is 0 Å². The van der Waals surface area contributed by atoms with E-state index in [0.29, 0.717) is 37.7 Å². The molecule has 2 saturated heterocycles. The third kappa shape index (κ3) is 4.23. The van der Waals surface area contributed by atoms with Crippen LogP contribution in [0.3, 0.4) is 0 Å². The summed E-state index contributed by atoms with van der Waals surface area (Å²) in [4.78, 5) is 16.6. The van der Waals surface area contributed by atoms with Crippen LogP contribution in [0.2, 0.25) is 0 Å². The first kappa shape index (κ1) is 19.7. The van der Waals surface area contributed by atoms with Gasteiger partial charge in [-0.2, -0.15) is 0 Å². The molecule has 2 aliphatic heterocycles. The highest BCUT2D eigenvalue weighted by Crippen LogP contribution is 2.29. The topological polar surface area (TPSA) is 87.4 Å². The molecule has 4 rings (SSSR count). The molecular weight excluding hydrogens is 371 g/mol. The largest absolute Gasteiger partial charge is 0.353 e. The highest BCUT2D eigenvalue weighted by molar-refractivity contribution is 5.92. The van der Waals surface area contributed by atoms with Crippen LogP contribution in [0.25, 0.3) is 0 Å². The summed E-state index contributed by atoms with van der Waals surface area (Å²) in [5, 5.41) is 11.9. The molecular formula is C21H27FN6O. The van der Waals surface area contributed by atoms with Crippen LogP contribution in [-0.2, 0) is 0 Å². The van der Waals surface area contributed by atoms with E-state index in [9.17, 15) is 9.18 Å². The number of carbonyl (C=O) groups excluding carboxylic acids is 1. The molecule has 29 heavy (non-hydrogen) atoms. The lowest BCUT2D eigenvalue weighted by Crippen LogP contribution is -2.58. The zero-order chi connectivity index (χ0) is 20.6. The average molecular weight is 398 g/mol. The Morgan fingerprint density at radius 3 is 2.59 bits per heavy atom. The van der Waals surface area contributed by atoms with Crippen molar-refractivity contribution < 1.29 is 9.18 Å². The Bertz CT molecular complexity index is 870. The van der Waals surface area contributed by atoms with Gasteiger partial charge in [0.05, 0.1) is 0 Å². The van der Waals surface area contributed by atoms with Gasteiger partial charge in [0.25, 0.3) is 5.91 Å². The Kier molecular flexibility index (Phi) is 5.23. The molecule has 0 aliphatic carbocycles. The number of nitrogens with two attached hydrogens (primary N) is 1. The number of benzene rings is 1. The minimum Gasteiger partial charge on any atom is -0.353 e. The van der Waals surface area contributed by atoms with E-state index in [0.717, 1.165) is 12.1 Å². The minimum absolute atomic E-state index is 0.0772. The number of nitrogens with one attached hydrogen (secondary N) is 1. The van der Waals surface area contributed by atoms with Crippen molar-refractivity contribution in [3.63, 3.8) is 0 Å². The van der Waals surface area contributed by atoms with E-state index < -0.39 is 0 Å². The third-order valence-corrected chi connectivity index (χ3v) is 5.72. The quantitative estimate of drug-likeness (QED) is 0.812. The zero-order valence-corrected chi connectivity index (χ0v) is 16.8. The molecule has 2 atom stereocenters. The molecule has 1 aromatic heterocycles. The summed E-state index contributed by atoms with van der Waals surface area (Å²) in [6.07, 6.45) is 0. The predicted octanol–water partition coefficient (Wildman–Crippen LogP) is 1.37. The molecule has 3 heterocycles. The maximum absolute atomic E-state index is 13.2. The van der Waals surface area contributed by atoms with Crippen LogP contribution in [0.4, 0.5) is 10.2 Å². The lowest BCUT2D eigenvalue weighted by atomic mass is 9.95. The summed E-state index contributed by atoms with van der Waals surface area (Å²) in [6, 6.07) is 9.97. The van der Waals surface area contributed by atoms with Crippen LogP contribution >= 0.6 is 0 Å². The number of nitrogens with zero attached hydrogens (tertiary/aromatic N) is 4. The van der Waals surface area contributed by atoms with Crippen molar-refractivity contribution in [3.8, 4) is 0 Å². The molecule has 8 heteroatoms. The van der Waals surface area contributed by atoms with Crippen molar-refractivity contribution in [2.75, 3.05) is 37.6 Å². The van der Waals surface area contributed by atoms with Gasteiger partial charge in [-0.15, -0.1) is 10.2 Å². The second kappa shape index (κ2) is 7.68. The van der Waals surface area contributed by atoms with Gasteiger partial charge in [-0.25, -0.2) is 4.39 Å². The maximum Gasteiger partial charge on any atom is 0.274 e. The summed E-state index contributed by atoms with van der Waals surface area (Å²) in [5.74, 6) is 0.446. The first-order valence-corrected chi connectivity index (χ1v) is 9.96. The fourth-order valence-electron chi connectivity index (χ4n) is 4.16. The van der Waals surface area contributed by atoms with Crippen molar-refractivity contribution in [1.82, 2.24) is 20.4 Å². The van der Waals surface area contributed by atoms with Gasteiger partial charge >= 0.3 is 0 Å². The van der Waals surface area contributed by atoms with E-state index in [1.54, 1.807) is 18.2 Å². The van der Waals surface area contributed by atoms with Crippen molar-refractivity contribution >= 4 is 11.7 Å². The molecule has 1 aromatic carbocycles. The van der Waals surface area contributed by atoms with E-state index in [-0.39, 0.29) is 29.2 Å². The second-order valence-corrected chi connectivity index (χ2v) is 8.54. The number of hydrogen-bond donors (Lipinski definition) is 2. The molecule has 0 spiro atoms.